The Bertz CT molecular complexity index is 1140. The Morgan fingerprint density at radius 1 is 1.13 bits per heavy atom. The van der Waals surface area contributed by atoms with Crippen LogP contribution in [0.3, 0.4) is 0 Å². The maximum Gasteiger partial charge on any atom is 0.301 e. The Balaban J connectivity index is 1.84. The molecule has 1 aliphatic heterocycles. The summed E-state index contributed by atoms with van der Waals surface area (Å²) < 4.78 is 19.1. The Hall–Kier alpha value is -3.52. The molecule has 1 fully saturated rings. The lowest BCUT2D eigenvalue weighted by molar-refractivity contribution is -0.132. The first-order valence-electron chi connectivity index (χ1n) is 9.60. The van der Waals surface area contributed by atoms with Gasteiger partial charge in [-0.05, 0) is 55.8 Å². The summed E-state index contributed by atoms with van der Waals surface area (Å²) in [6, 6.07) is 11.1. The van der Waals surface area contributed by atoms with Gasteiger partial charge in [0.15, 0.2) is 5.13 Å². The Morgan fingerprint density at radius 3 is 2.39 bits per heavy atom. The molecule has 0 bridgehead atoms. The van der Waals surface area contributed by atoms with Crippen LogP contribution in [0.4, 0.5) is 9.52 Å². The molecule has 1 aromatic heterocycles. The average molecular weight is 438 g/mol. The zero-order chi connectivity index (χ0) is 22.1. The molecule has 3 aromatic rings. The van der Waals surface area contributed by atoms with Gasteiger partial charge < -0.3 is 9.84 Å². The van der Waals surface area contributed by atoms with Crippen LogP contribution in [0.1, 0.15) is 31.0 Å². The van der Waals surface area contributed by atoms with Crippen LogP contribution in [-0.4, -0.2) is 27.9 Å². The number of aliphatic hydroxyl groups excluding tert-OH is 1. The molecule has 0 unspecified atom stereocenters. The van der Waals surface area contributed by atoms with Gasteiger partial charge in [-0.1, -0.05) is 12.1 Å². The van der Waals surface area contributed by atoms with Crippen molar-refractivity contribution in [3.05, 3.63) is 82.6 Å². The van der Waals surface area contributed by atoms with Crippen LogP contribution in [0.25, 0.3) is 5.76 Å². The molecule has 8 heteroatoms. The first-order chi connectivity index (χ1) is 14.9. The number of carbonyl (C=O) groups is 2. The number of thiazole rings is 1. The summed E-state index contributed by atoms with van der Waals surface area (Å²) in [7, 11) is 0. The van der Waals surface area contributed by atoms with Crippen LogP contribution in [-0.2, 0) is 9.59 Å². The summed E-state index contributed by atoms with van der Waals surface area (Å²) in [6.45, 7) is 3.80. The second kappa shape index (κ2) is 8.31. The fraction of sp³-hybridized carbons (Fsp3) is 0.174. The topological polar surface area (TPSA) is 79.7 Å². The third-order valence-electron chi connectivity index (χ3n) is 4.76. The zero-order valence-corrected chi connectivity index (χ0v) is 17.6. The van der Waals surface area contributed by atoms with Crippen molar-refractivity contribution in [2.45, 2.75) is 26.0 Å². The fourth-order valence-corrected chi connectivity index (χ4v) is 4.11. The van der Waals surface area contributed by atoms with Gasteiger partial charge in [0.25, 0.3) is 5.78 Å². The van der Waals surface area contributed by atoms with E-state index >= 15 is 0 Å². The van der Waals surface area contributed by atoms with E-state index in [4.69, 9.17) is 4.74 Å². The van der Waals surface area contributed by atoms with Crippen molar-refractivity contribution in [3.63, 3.8) is 0 Å². The molecular formula is C23H19FN2O4S. The second-order valence-electron chi connectivity index (χ2n) is 7.23. The summed E-state index contributed by atoms with van der Waals surface area (Å²) >= 11 is 1.19. The second-order valence-corrected chi connectivity index (χ2v) is 8.10. The van der Waals surface area contributed by atoms with E-state index in [9.17, 15) is 19.1 Å². The maximum absolute atomic E-state index is 13.5. The molecule has 158 valence electrons. The minimum Gasteiger partial charge on any atom is -0.507 e. The number of hydrogen-bond acceptors (Lipinski definition) is 6. The predicted octanol–water partition coefficient (Wildman–Crippen LogP) is 4.70. The van der Waals surface area contributed by atoms with Crippen molar-refractivity contribution >= 4 is 33.9 Å². The highest BCUT2D eigenvalue weighted by Gasteiger charge is 2.47. The van der Waals surface area contributed by atoms with Gasteiger partial charge >= 0.3 is 5.91 Å². The molecule has 6 nitrogen and oxygen atoms in total. The van der Waals surface area contributed by atoms with Crippen molar-refractivity contribution in [2.24, 2.45) is 0 Å². The van der Waals surface area contributed by atoms with Crippen molar-refractivity contribution in [2.75, 3.05) is 4.90 Å². The van der Waals surface area contributed by atoms with Crippen LogP contribution < -0.4 is 9.64 Å². The maximum atomic E-state index is 13.5. The molecule has 0 saturated carbocycles. The van der Waals surface area contributed by atoms with Gasteiger partial charge in [-0.15, -0.1) is 11.3 Å². The molecule has 4 rings (SSSR count). The Morgan fingerprint density at radius 2 is 1.81 bits per heavy atom. The number of anilines is 1. The highest BCUT2D eigenvalue weighted by Crippen LogP contribution is 2.42. The van der Waals surface area contributed by atoms with E-state index in [1.807, 2.05) is 13.8 Å². The van der Waals surface area contributed by atoms with E-state index in [2.05, 4.69) is 4.98 Å². The lowest BCUT2D eigenvalue weighted by Crippen LogP contribution is -2.29. The lowest BCUT2D eigenvalue weighted by Gasteiger charge is -2.23. The summed E-state index contributed by atoms with van der Waals surface area (Å²) in [5.41, 5.74) is 0.766. The minimum absolute atomic E-state index is 0.0125. The quantitative estimate of drug-likeness (QED) is 0.355. The number of rotatable bonds is 5. The van der Waals surface area contributed by atoms with Gasteiger partial charge in [-0.25, -0.2) is 9.37 Å². The molecule has 1 amide bonds. The smallest absolute Gasteiger partial charge is 0.301 e. The van der Waals surface area contributed by atoms with E-state index in [0.29, 0.717) is 22.0 Å². The van der Waals surface area contributed by atoms with Crippen LogP contribution >= 0.6 is 11.3 Å². The van der Waals surface area contributed by atoms with Crippen molar-refractivity contribution < 1.29 is 23.8 Å². The van der Waals surface area contributed by atoms with Gasteiger partial charge in [-0.3, -0.25) is 14.5 Å². The minimum atomic E-state index is -0.932. The molecule has 0 spiro atoms. The van der Waals surface area contributed by atoms with Gasteiger partial charge in [0.05, 0.1) is 17.7 Å². The molecule has 1 aliphatic rings. The molecule has 31 heavy (non-hydrogen) atoms. The van der Waals surface area contributed by atoms with E-state index in [1.54, 1.807) is 29.6 Å². The number of benzene rings is 2. The Kier molecular flexibility index (Phi) is 5.56. The predicted molar refractivity (Wildman–Crippen MR) is 116 cm³/mol. The molecule has 1 N–H and O–H groups in total. The first-order valence-corrected chi connectivity index (χ1v) is 10.5. The summed E-state index contributed by atoms with van der Waals surface area (Å²) in [4.78, 5) is 31.2. The van der Waals surface area contributed by atoms with Gasteiger partial charge in [0.1, 0.15) is 17.3 Å². The van der Waals surface area contributed by atoms with Crippen molar-refractivity contribution in [1.82, 2.24) is 4.98 Å². The molecule has 2 aromatic carbocycles. The van der Waals surface area contributed by atoms with Gasteiger partial charge in [-0.2, -0.15) is 0 Å². The van der Waals surface area contributed by atoms with Crippen molar-refractivity contribution in [1.29, 1.82) is 0 Å². The van der Waals surface area contributed by atoms with E-state index in [-0.39, 0.29) is 17.4 Å². The number of halogens is 1. The monoisotopic (exact) mass is 438 g/mol. The third kappa shape index (κ3) is 3.94. The number of Topliss-reactive ketones (excluding diaryl/α,β-unsaturated/α-hetero) is 1. The van der Waals surface area contributed by atoms with E-state index in [1.165, 1.54) is 46.7 Å². The number of ether oxygens (including phenoxy) is 1. The molecule has 0 aliphatic carbocycles. The molecule has 2 heterocycles. The van der Waals surface area contributed by atoms with Crippen LogP contribution in [0, 0.1) is 5.82 Å². The lowest BCUT2D eigenvalue weighted by atomic mass is 9.95. The largest absolute Gasteiger partial charge is 0.507 e. The van der Waals surface area contributed by atoms with Crippen LogP contribution in [0.15, 0.2) is 65.7 Å². The first kappa shape index (κ1) is 20.7. The number of carbonyl (C=O) groups excluding carboxylic acids is 2. The number of aliphatic hydroxyl groups is 1. The number of ketones is 1. The van der Waals surface area contributed by atoms with Crippen LogP contribution in [0.5, 0.6) is 5.75 Å². The highest BCUT2D eigenvalue weighted by atomic mass is 32.1. The number of aromatic nitrogens is 1. The van der Waals surface area contributed by atoms with Crippen LogP contribution in [0.2, 0.25) is 0 Å². The fourth-order valence-electron chi connectivity index (χ4n) is 3.44. The third-order valence-corrected chi connectivity index (χ3v) is 5.53. The summed E-state index contributed by atoms with van der Waals surface area (Å²) in [5, 5.41) is 13.0. The molecule has 1 atom stereocenters. The standard InChI is InChI=1S/C23H19FN2O4S/c1-13(2)30-17-9-5-15(6-10-17)20(27)18-19(14-3-7-16(24)8-4-14)26(22(29)21(18)28)23-25-11-12-31-23/h3-13,19,27H,1-2H3/t19-/m1/s1. The summed E-state index contributed by atoms with van der Waals surface area (Å²) in [6.07, 6.45) is 1.51. The number of amides is 1. The van der Waals surface area contributed by atoms with Gasteiger partial charge in [0, 0.05) is 17.1 Å². The number of nitrogens with zero attached hydrogens (tertiary/aromatic N) is 2. The van der Waals surface area contributed by atoms with E-state index < -0.39 is 23.5 Å². The van der Waals surface area contributed by atoms with Crippen molar-refractivity contribution in [3.8, 4) is 5.75 Å². The normalized spacial score (nSPS) is 18.1. The molecule has 1 saturated heterocycles. The summed E-state index contributed by atoms with van der Waals surface area (Å²) in [5.74, 6) is -1.78. The molecular weight excluding hydrogens is 419 g/mol. The van der Waals surface area contributed by atoms with E-state index in [0.717, 1.165) is 0 Å². The average Bonchev–Trinajstić information content (AvgIpc) is 3.35. The number of hydrogen-bond donors (Lipinski definition) is 1. The molecule has 0 radical (unpaired) electrons. The Labute approximate surface area is 182 Å². The highest BCUT2D eigenvalue weighted by molar-refractivity contribution is 7.14. The zero-order valence-electron chi connectivity index (χ0n) is 16.8. The van der Waals surface area contributed by atoms with Gasteiger partial charge in [0.2, 0.25) is 0 Å². The SMILES string of the molecule is CC(C)Oc1ccc(C(O)=C2C(=O)C(=O)N(c3nccs3)[C@@H]2c2ccc(F)cc2)cc1.